The fourth-order valence-electron chi connectivity index (χ4n) is 1.62. The van der Waals surface area contributed by atoms with Gasteiger partial charge in [0.15, 0.2) is 0 Å². The number of sulfonamides is 1. The molecular formula is C13H12N2O4S. The number of nitro benzene ring substituents is 1. The van der Waals surface area contributed by atoms with Crippen LogP contribution in [0.15, 0.2) is 59.5 Å². The predicted octanol–water partition coefficient (Wildman–Crippen LogP) is 2.07. The SMILES string of the molecule is O=[N+]([O-])c1cccc(S(=O)(=O)NCc2ccccc2)c1. The van der Waals surface area contributed by atoms with Crippen LogP contribution in [-0.2, 0) is 16.6 Å². The maximum Gasteiger partial charge on any atom is 0.270 e. The minimum Gasteiger partial charge on any atom is -0.258 e. The summed E-state index contributed by atoms with van der Waals surface area (Å²) in [5.74, 6) is 0. The lowest BCUT2D eigenvalue weighted by atomic mass is 10.2. The van der Waals surface area contributed by atoms with Crippen LogP contribution >= 0.6 is 0 Å². The number of nitrogens with one attached hydrogen (secondary N) is 1. The lowest BCUT2D eigenvalue weighted by Gasteiger charge is -2.06. The van der Waals surface area contributed by atoms with Gasteiger partial charge in [0.2, 0.25) is 10.0 Å². The van der Waals surface area contributed by atoms with Crippen molar-refractivity contribution in [3.63, 3.8) is 0 Å². The smallest absolute Gasteiger partial charge is 0.258 e. The molecule has 0 bridgehead atoms. The van der Waals surface area contributed by atoms with Crippen LogP contribution in [0.2, 0.25) is 0 Å². The number of nitro groups is 1. The largest absolute Gasteiger partial charge is 0.270 e. The third-order valence-electron chi connectivity index (χ3n) is 2.65. The lowest BCUT2D eigenvalue weighted by Crippen LogP contribution is -2.23. The molecule has 6 nitrogen and oxygen atoms in total. The number of non-ortho nitro benzene ring substituents is 1. The molecular weight excluding hydrogens is 280 g/mol. The number of nitrogens with zero attached hydrogens (tertiary/aromatic N) is 1. The first kappa shape index (κ1) is 14.2. The third kappa shape index (κ3) is 3.40. The summed E-state index contributed by atoms with van der Waals surface area (Å²) in [7, 11) is -3.77. The van der Waals surface area contributed by atoms with Crippen molar-refractivity contribution in [3.05, 3.63) is 70.3 Å². The minimum absolute atomic E-state index is 0.123. The molecule has 104 valence electrons. The van der Waals surface area contributed by atoms with Gasteiger partial charge in [-0.05, 0) is 11.6 Å². The van der Waals surface area contributed by atoms with E-state index in [1.165, 1.54) is 18.2 Å². The summed E-state index contributed by atoms with van der Waals surface area (Å²) in [6, 6.07) is 14.0. The number of hydrogen-bond acceptors (Lipinski definition) is 4. The van der Waals surface area contributed by atoms with Crippen LogP contribution < -0.4 is 4.72 Å². The second-order valence-electron chi connectivity index (χ2n) is 4.06. The van der Waals surface area contributed by atoms with Crippen molar-refractivity contribution in [3.8, 4) is 0 Å². The van der Waals surface area contributed by atoms with Gasteiger partial charge >= 0.3 is 0 Å². The average molecular weight is 292 g/mol. The maximum absolute atomic E-state index is 12.0. The van der Waals surface area contributed by atoms with Crippen LogP contribution in [0.5, 0.6) is 0 Å². The van der Waals surface area contributed by atoms with E-state index in [9.17, 15) is 18.5 Å². The molecule has 0 aliphatic rings. The van der Waals surface area contributed by atoms with Crippen molar-refractivity contribution >= 4 is 15.7 Å². The minimum atomic E-state index is -3.77. The van der Waals surface area contributed by atoms with Gasteiger partial charge in [0.05, 0.1) is 9.82 Å². The lowest BCUT2D eigenvalue weighted by molar-refractivity contribution is -0.385. The molecule has 0 amide bonds. The molecule has 2 aromatic rings. The van der Waals surface area contributed by atoms with Gasteiger partial charge in [-0.1, -0.05) is 36.4 Å². The molecule has 0 aliphatic carbocycles. The zero-order chi connectivity index (χ0) is 14.6. The summed E-state index contributed by atoms with van der Waals surface area (Å²) in [5, 5.41) is 10.6. The molecule has 20 heavy (non-hydrogen) atoms. The second-order valence-corrected chi connectivity index (χ2v) is 5.83. The molecule has 0 saturated carbocycles. The molecule has 2 aromatic carbocycles. The molecule has 0 saturated heterocycles. The summed E-state index contributed by atoms with van der Waals surface area (Å²) in [6.07, 6.45) is 0. The van der Waals surface area contributed by atoms with Gasteiger partial charge in [0.25, 0.3) is 5.69 Å². The Labute approximate surface area is 116 Å². The molecule has 0 fully saturated rings. The molecule has 0 aromatic heterocycles. The van der Waals surface area contributed by atoms with Crippen LogP contribution in [-0.4, -0.2) is 13.3 Å². The van der Waals surface area contributed by atoms with Gasteiger partial charge in [0.1, 0.15) is 0 Å². The Balaban J connectivity index is 2.18. The van der Waals surface area contributed by atoms with E-state index in [-0.39, 0.29) is 17.1 Å². The molecule has 0 spiro atoms. The van der Waals surface area contributed by atoms with E-state index in [2.05, 4.69) is 4.72 Å². The first-order valence-corrected chi connectivity index (χ1v) is 7.25. The standard InChI is InChI=1S/C13H12N2O4S/c16-15(17)12-7-4-8-13(9-12)20(18,19)14-10-11-5-2-1-3-6-11/h1-9,14H,10H2. The van der Waals surface area contributed by atoms with Gasteiger partial charge in [-0.2, -0.15) is 0 Å². The second kappa shape index (κ2) is 5.81. The molecule has 0 unspecified atom stereocenters. The highest BCUT2D eigenvalue weighted by Gasteiger charge is 2.17. The van der Waals surface area contributed by atoms with Crippen LogP contribution in [0.4, 0.5) is 5.69 Å². The third-order valence-corrected chi connectivity index (χ3v) is 4.05. The van der Waals surface area contributed by atoms with E-state index >= 15 is 0 Å². The van der Waals surface area contributed by atoms with Crippen molar-refractivity contribution in [2.75, 3.05) is 0 Å². The Morgan fingerprint density at radius 1 is 1.05 bits per heavy atom. The van der Waals surface area contributed by atoms with E-state index in [4.69, 9.17) is 0 Å². The summed E-state index contributed by atoms with van der Waals surface area (Å²) in [4.78, 5) is 9.90. The Kier molecular flexibility index (Phi) is 4.11. The Bertz CT molecular complexity index is 714. The number of rotatable bonds is 5. The van der Waals surface area contributed by atoms with E-state index in [1.807, 2.05) is 6.07 Å². The zero-order valence-corrected chi connectivity index (χ0v) is 11.2. The van der Waals surface area contributed by atoms with E-state index < -0.39 is 14.9 Å². The van der Waals surface area contributed by atoms with Crippen molar-refractivity contribution in [2.45, 2.75) is 11.4 Å². The monoisotopic (exact) mass is 292 g/mol. The predicted molar refractivity (Wildman–Crippen MR) is 73.6 cm³/mol. The van der Waals surface area contributed by atoms with E-state index in [0.717, 1.165) is 11.6 Å². The van der Waals surface area contributed by atoms with Gasteiger partial charge in [0, 0.05) is 18.7 Å². The molecule has 2 rings (SSSR count). The van der Waals surface area contributed by atoms with E-state index in [0.29, 0.717) is 0 Å². The maximum atomic E-state index is 12.0. The average Bonchev–Trinajstić information content (AvgIpc) is 2.46. The Morgan fingerprint density at radius 3 is 2.40 bits per heavy atom. The van der Waals surface area contributed by atoms with Crippen molar-refractivity contribution < 1.29 is 13.3 Å². The topological polar surface area (TPSA) is 89.3 Å². The summed E-state index contributed by atoms with van der Waals surface area (Å²) < 4.78 is 26.5. The number of hydrogen-bond donors (Lipinski definition) is 1. The van der Waals surface area contributed by atoms with Crippen molar-refractivity contribution in [1.82, 2.24) is 4.72 Å². The highest BCUT2D eigenvalue weighted by Crippen LogP contribution is 2.17. The first-order chi connectivity index (χ1) is 9.49. The zero-order valence-electron chi connectivity index (χ0n) is 10.4. The van der Waals surface area contributed by atoms with Crippen LogP contribution in [0.3, 0.4) is 0 Å². The quantitative estimate of drug-likeness (QED) is 0.675. The first-order valence-electron chi connectivity index (χ1n) is 5.77. The molecule has 1 N–H and O–H groups in total. The van der Waals surface area contributed by atoms with Gasteiger partial charge in [-0.3, -0.25) is 10.1 Å². The Morgan fingerprint density at radius 2 is 1.75 bits per heavy atom. The van der Waals surface area contributed by atoms with Gasteiger partial charge in [-0.25, -0.2) is 13.1 Å². The Hall–Kier alpha value is -2.25. The summed E-state index contributed by atoms with van der Waals surface area (Å²) in [6.45, 7) is 0.131. The summed E-state index contributed by atoms with van der Waals surface area (Å²) in [5.41, 5.74) is 0.550. The highest BCUT2D eigenvalue weighted by atomic mass is 32.2. The molecule has 7 heteroatoms. The van der Waals surface area contributed by atoms with Gasteiger partial charge < -0.3 is 0 Å². The molecule has 0 radical (unpaired) electrons. The van der Waals surface area contributed by atoms with Crippen LogP contribution in [0.25, 0.3) is 0 Å². The highest BCUT2D eigenvalue weighted by molar-refractivity contribution is 7.89. The fraction of sp³-hybridized carbons (Fsp3) is 0.0769. The molecule has 0 heterocycles. The van der Waals surface area contributed by atoms with Gasteiger partial charge in [-0.15, -0.1) is 0 Å². The fourth-order valence-corrected chi connectivity index (χ4v) is 2.68. The van der Waals surface area contributed by atoms with E-state index in [1.54, 1.807) is 24.3 Å². The normalized spacial score (nSPS) is 11.2. The van der Waals surface area contributed by atoms with Crippen molar-refractivity contribution in [1.29, 1.82) is 0 Å². The van der Waals surface area contributed by atoms with Crippen LogP contribution in [0, 0.1) is 10.1 Å². The van der Waals surface area contributed by atoms with Crippen LogP contribution in [0.1, 0.15) is 5.56 Å². The summed E-state index contributed by atoms with van der Waals surface area (Å²) >= 11 is 0. The molecule has 0 aliphatic heterocycles. The van der Waals surface area contributed by atoms with Crippen molar-refractivity contribution in [2.24, 2.45) is 0 Å². The number of benzene rings is 2. The molecule has 0 atom stereocenters.